The fourth-order valence-corrected chi connectivity index (χ4v) is 4.88. The van der Waals surface area contributed by atoms with Crippen LogP contribution in [0.1, 0.15) is 129 Å². The molecule has 0 aliphatic rings. The summed E-state index contributed by atoms with van der Waals surface area (Å²) < 4.78 is 16.3. The fourth-order valence-electron chi connectivity index (χ4n) is 4.88. The number of aryl methyl sites for hydroxylation is 1. The van der Waals surface area contributed by atoms with Crippen molar-refractivity contribution in [2.75, 3.05) is 0 Å². The van der Waals surface area contributed by atoms with E-state index in [0.717, 1.165) is 50.0 Å². The molecule has 0 amide bonds. The molecule has 2 aromatic heterocycles. The van der Waals surface area contributed by atoms with Crippen LogP contribution >= 0.6 is 0 Å². The Morgan fingerprint density at radius 2 is 1.55 bits per heavy atom. The Labute approximate surface area is 244 Å². The SMILES string of the molecule is C/C(=C\C(C/C(C)=C/CCc1ccoc1)OC(=O)CCCCCCCCCCCC(C)C)C/C=C/c1ccoc1. The third kappa shape index (κ3) is 17.0. The van der Waals surface area contributed by atoms with Gasteiger partial charge in [0.1, 0.15) is 6.10 Å². The summed E-state index contributed by atoms with van der Waals surface area (Å²) in [5.74, 6) is 0.746. The third-order valence-electron chi connectivity index (χ3n) is 7.24. The molecule has 222 valence electrons. The van der Waals surface area contributed by atoms with Gasteiger partial charge in [-0.3, -0.25) is 4.79 Å². The summed E-state index contributed by atoms with van der Waals surface area (Å²) in [6, 6.07) is 3.94. The van der Waals surface area contributed by atoms with Gasteiger partial charge in [-0.15, -0.1) is 0 Å². The van der Waals surface area contributed by atoms with Crippen molar-refractivity contribution >= 4 is 12.0 Å². The molecule has 0 saturated carbocycles. The Kier molecular flexibility index (Phi) is 17.6. The number of allylic oxidation sites excluding steroid dienone is 3. The molecule has 0 bridgehead atoms. The van der Waals surface area contributed by atoms with Crippen LogP contribution in [0.3, 0.4) is 0 Å². The van der Waals surface area contributed by atoms with E-state index in [1.165, 1.54) is 68.1 Å². The second-order valence-electron chi connectivity index (χ2n) is 11.7. The largest absolute Gasteiger partial charge is 0.472 e. The van der Waals surface area contributed by atoms with Gasteiger partial charge in [0.15, 0.2) is 0 Å². The summed E-state index contributed by atoms with van der Waals surface area (Å²) in [5.41, 5.74) is 4.68. The number of hydrogen-bond acceptors (Lipinski definition) is 4. The van der Waals surface area contributed by atoms with Crippen molar-refractivity contribution in [1.82, 2.24) is 0 Å². The normalized spacial score (nSPS) is 13.4. The van der Waals surface area contributed by atoms with Crippen LogP contribution in [0.2, 0.25) is 0 Å². The lowest BCUT2D eigenvalue weighted by Crippen LogP contribution is -2.17. The van der Waals surface area contributed by atoms with Crippen molar-refractivity contribution in [3.8, 4) is 0 Å². The lowest BCUT2D eigenvalue weighted by Gasteiger charge is -2.16. The predicted molar refractivity (Wildman–Crippen MR) is 167 cm³/mol. The summed E-state index contributed by atoms with van der Waals surface area (Å²) in [4.78, 5) is 12.7. The predicted octanol–water partition coefficient (Wildman–Crippen LogP) is 11.1. The highest BCUT2D eigenvalue weighted by molar-refractivity contribution is 5.69. The van der Waals surface area contributed by atoms with Crippen molar-refractivity contribution in [3.63, 3.8) is 0 Å². The maximum atomic E-state index is 12.7. The van der Waals surface area contributed by atoms with Gasteiger partial charge < -0.3 is 13.6 Å². The van der Waals surface area contributed by atoms with E-state index in [1.807, 2.05) is 12.1 Å². The molecule has 0 N–H and O–H groups in total. The van der Waals surface area contributed by atoms with Gasteiger partial charge in [-0.05, 0) is 69.2 Å². The molecule has 0 radical (unpaired) electrons. The zero-order valence-electron chi connectivity index (χ0n) is 25.7. The van der Waals surface area contributed by atoms with Crippen molar-refractivity contribution in [2.24, 2.45) is 5.92 Å². The van der Waals surface area contributed by atoms with Crippen molar-refractivity contribution in [2.45, 2.75) is 130 Å². The first kappa shape index (κ1) is 33.5. The topological polar surface area (TPSA) is 52.6 Å². The Morgan fingerprint density at radius 1 is 0.875 bits per heavy atom. The molecule has 40 heavy (non-hydrogen) atoms. The number of carbonyl (C=O) groups is 1. The van der Waals surface area contributed by atoms with Gasteiger partial charge in [-0.25, -0.2) is 0 Å². The number of rotatable bonds is 22. The molecule has 4 heteroatoms. The van der Waals surface area contributed by atoms with Crippen molar-refractivity contribution in [3.05, 3.63) is 77.7 Å². The van der Waals surface area contributed by atoms with E-state index in [-0.39, 0.29) is 12.1 Å². The summed E-state index contributed by atoms with van der Waals surface area (Å²) in [5, 5.41) is 0. The first-order valence-corrected chi connectivity index (χ1v) is 15.6. The Morgan fingerprint density at radius 3 is 2.20 bits per heavy atom. The highest BCUT2D eigenvalue weighted by atomic mass is 16.5. The van der Waals surface area contributed by atoms with E-state index in [9.17, 15) is 4.79 Å². The number of furan rings is 2. The first-order chi connectivity index (χ1) is 19.4. The van der Waals surface area contributed by atoms with Gasteiger partial charge in [-0.1, -0.05) is 101 Å². The van der Waals surface area contributed by atoms with Crippen LogP contribution in [0.15, 0.2) is 75.4 Å². The van der Waals surface area contributed by atoms with E-state index in [1.54, 1.807) is 25.1 Å². The summed E-state index contributed by atoms with van der Waals surface area (Å²) >= 11 is 0. The van der Waals surface area contributed by atoms with Crippen LogP contribution in [0.5, 0.6) is 0 Å². The lowest BCUT2D eigenvalue weighted by atomic mass is 10.0. The van der Waals surface area contributed by atoms with Crippen LogP contribution in [-0.2, 0) is 16.0 Å². The number of hydrogen-bond donors (Lipinski definition) is 0. The Balaban J connectivity index is 1.74. The molecular weight excluding hydrogens is 496 g/mol. The Bertz CT molecular complexity index is 976. The van der Waals surface area contributed by atoms with Crippen LogP contribution in [0.4, 0.5) is 0 Å². The van der Waals surface area contributed by atoms with E-state index in [2.05, 4.69) is 52.0 Å². The monoisotopic (exact) mass is 550 g/mol. The molecule has 2 heterocycles. The van der Waals surface area contributed by atoms with Gasteiger partial charge in [0, 0.05) is 18.4 Å². The number of esters is 1. The zero-order chi connectivity index (χ0) is 28.8. The minimum Gasteiger partial charge on any atom is -0.472 e. The van der Waals surface area contributed by atoms with Crippen LogP contribution in [-0.4, -0.2) is 12.1 Å². The lowest BCUT2D eigenvalue weighted by molar-refractivity contribution is -0.147. The molecular formula is C36H54O4. The molecule has 0 fully saturated rings. The average molecular weight is 551 g/mol. The fraction of sp³-hybridized carbons (Fsp3) is 0.583. The maximum Gasteiger partial charge on any atom is 0.306 e. The van der Waals surface area contributed by atoms with Crippen molar-refractivity contribution in [1.29, 1.82) is 0 Å². The summed E-state index contributed by atoms with van der Waals surface area (Å²) in [6.07, 6.45) is 31.8. The quantitative estimate of drug-likeness (QED) is 0.0831. The molecule has 1 atom stereocenters. The molecule has 0 aliphatic heterocycles. The molecule has 0 aliphatic carbocycles. The molecule has 0 spiro atoms. The van der Waals surface area contributed by atoms with Gasteiger partial charge >= 0.3 is 5.97 Å². The van der Waals surface area contributed by atoms with Crippen LogP contribution < -0.4 is 0 Å². The van der Waals surface area contributed by atoms with Gasteiger partial charge in [0.05, 0.1) is 25.1 Å². The van der Waals surface area contributed by atoms with Crippen LogP contribution in [0.25, 0.3) is 6.08 Å². The molecule has 0 aromatic carbocycles. The van der Waals surface area contributed by atoms with E-state index < -0.39 is 0 Å². The molecule has 0 saturated heterocycles. The van der Waals surface area contributed by atoms with E-state index in [4.69, 9.17) is 13.6 Å². The third-order valence-corrected chi connectivity index (χ3v) is 7.24. The average Bonchev–Trinajstić information content (AvgIpc) is 3.62. The second kappa shape index (κ2) is 21.1. The highest BCUT2D eigenvalue weighted by Crippen LogP contribution is 2.18. The van der Waals surface area contributed by atoms with E-state index >= 15 is 0 Å². The number of unbranched alkanes of at least 4 members (excludes halogenated alkanes) is 8. The number of carbonyl (C=O) groups excluding carboxylic acids is 1. The maximum absolute atomic E-state index is 12.7. The molecule has 1 unspecified atom stereocenters. The van der Waals surface area contributed by atoms with E-state index in [0.29, 0.717) is 6.42 Å². The molecule has 2 aromatic rings. The first-order valence-electron chi connectivity index (χ1n) is 15.6. The summed E-state index contributed by atoms with van der Waals surface area (Å²) in [6.45, 7) is 8.84. The highest BCUT2D eigenvalue weighted by Gasteiger charge is 2.13. The molecule has 4 nitrogen and oxygen atoms in total. The smallest absolute Gasteiger partial charge is 0.306 e. The van der Waals surface area contributed by atoms with Gasteiger partial charge in [-0.2, -0.15) is 0 Å². The summed E-state index contributed by atoms with van der Waals surface area (Å²) in [7, 11) is 0. The zero-order valence-corrected chi connectivity index (χ0v) is 25.7. The van der Waals surface area contributed by atoms with Crippen molar-refractivity contribution < 1.29 is 18.4 Å². The van der Waals surface area contributed by atoms with Gasteiger partial charge in [0.25, 0.3) is 0 Å². The van der Waals surface area contributed by atoms with Gasteiger partial charge in [0.2, 0.25) is 0 Å². The molecule has 2 rings (SSSR count). The number of ether oxygens (including phenoxy) is 1. The Hall–Kier alpha value is -2.75. The minimum atomic E-state index is -0.240. The standard InChI is InChI=1S/C36H54O4/c1-30(2)16-12-10-8-6-5-7-9-11-13-21-36(37)40-35(26-31(3)17-14-19-33-22-24-38-28-33)27-32(4)18-15-20-34-23-25-39-29-34/h14,18-19,22-26,28-30,35H,5-13,15-17,20-21,27H2,1-4H3/b19-14+,31-26+,32-18+. The minimum absolute atomic E-state index is 0.0839. The second-order valence-corrected chi connectivity index (χ2v) is 11.7. The van der Waals surface area contributed by atoms with Crippen LogP contribution in [0, 0.1) is 5.92 Å².